The van der Waals surface area contributed by atoms with E-state index in [0.717, 1.165) is 36.8 Å². The molecule has 2 aliphatic carbocycles. The molecule has 1 saturated carbocycles. The van der Waals surface area contributed by atoms with Crippen molar-refractivity contribution in [2.45, 2.75) is 59.2 Å². The predicted octanol–water partition coefficient (Wildman–Crippen LogP) is 2.78. The largest absolute Gasteiger partial charge is 0.428 e. The highest BCUT2D eigenvalue weighted by molar-refractivity contribution is 5.92. The quantitative estimate of drug-likeness (QED) is 0.672. The van der Waals surface area contributed by atoms with E-state index in [-0.39, 0.29) is 16.8 Å². The summed E-state index contributed by atoms with van der Waals surface area (Å²) in [7, 11) is 0. The molecule has 0 aromatic carbocycles. The van der Waals surface area contributed by atoms with E-state index in [1.54, 1.807) is 0 Å². The molecule has 0 aromatic rings. The second-order valence-corrected chi connectivity index (χ2v) is 7.00. The smallest absolute Gasteiger partial charge is 0.336 e. The summed E-state index contributed by atoms with van der Waals surface area (Å²) >= 11 is 0. The summed E-state index contributed by atoms with van der Waals surface area (Å²) in [5, 5.41) is 10.1. The van der Waals surface area contributed by atoms with Gasteiger partial charge in [0.05, 0.1) is 0 Å². The van der Waals surface area contributed by atoms with E-state index in [2.05, 4.69) is 20.8 Å². The number of hydrogen-bond acceptors (Lipinski definition) is 3. The highest BCUT2D eigenvalue weighted by Gasteiger charge is 2.55. The van der Waals surface area contributed by atoms with E-state index < -0.39 is 6.29 Å². The third kappa shape index (κ3) is 1.43. The van der Waals surface area contributed by atoms with Gasteiger partial charge in [-0.2, -0.15) is 0 Å². The molecule has 3 aliphatic rings. The number of aliphatic hydroxyl groups is 1. The van der Waals surface area contributed by atoms with Gasteiger partial charge in [-0.05, 0) is 42.4 Å². The zero-order chi connectivity index (χ0) is 13.1. The molecule has 1 aliphatic heterocycles. The van der Waals surface area contributed by atoms with Gasteiger partial charge in [-0.15, -0.1) is 0 Å². The lowest BCUT2D eigenvalue weighted by Crippen LogP contribution is -2.46. The Morgan fingerprint density at radius 2 is 2.00 bits per heavy atom. The van der Waals surface area contributed by atoms with Gasteiger partial charge < -0.3 is 9.84 Å². The Morgan fingerprint density at radius 1 is 1.28 bits per heavy atom. The standard InChI is InChI=1S/C15H22O3/c1-14(2)7-4-8-15(3)10(14)6-5-9-11(15)13(17)18-12(9)16/h10,13,17H,4-8H2,1-3H3/t10-,13-,15+/m1/s1. The summed E-state index contributed by atoms with van der Waals surface area (Å²) in [5.74, 6) is 0.252. The van der Waals surface area contributed by atoms with Gasteiger partial charge in [-0.25, -0.2) is 4.79 Å². The van der Waals surface area contributed by atoms with E-state index in [9.17, 15) is 9.90 Å². The van der Waals surface area contributed by atoms with Crippen LogP contribution in [-0.4, -0.2) is 17.4 Å². The van der Waals surface area contributed by atoms with Crippen LogP contribution in [0.25, 0.3) is 0 Å². The Kier molecular flexibility index (Phi) is 2.44. The van der Waals surface area contributed by atoms with Crippen LogP contribution in [0.5, 0.6) is 0 Å². The van der Waals surface area contributed by atoms with Gasteiger partial charge in [0, 0.05) is 11.1 Å². The first-order chi connectivity index (χ1) is 8.36. The average molecular weight is 250 g/mol. The minimum absolute atomic E-state index is 0.0547. The molecule has 3 nitrogen and oxygen atoms in total. The lowest BCUT2D eigenvalue weighted by molar-refractivity contribution is -0.153. The van der Waals surface area contributed by atoms with Crippen molar-refractivity contribution in [3.8, 4) is 0 Å². The van der Waals surface area contributed by atoms with Crippen molar-refractivity contribution in [3.63, 3.8) is 0 Å². The van der Waals surface area contributed by atoms with Gasteiger partial charge >= 0.3 is 5.97 Å². The van der Waals surface area contributed by atoms with Crippen molar-refractivity contribution in [2.75, 3.05) is 0 Å². The zero-order valence-electron chi connectivity index (χ0n) is 11.5. The van der Waals surface area contributed by atoms with Crippen LogP contribution < -0.4 is 0 Å². The summed E-state index contributed by atoms with van der Waals surface area (Å²) < 4.78 is 5.03. The van der Waals surface area contributed by atoms with Gasteiger partial charge in [0.15, 0.2) is 0 Å². The van der Waals surface area contributed by atoms with Gasteiger partial charge in [0.25, 0.3) is 0 Å². The fraction of sp³-hybridized carbons (Fsp3) is 0.800. The van der Waals surface area contributed by atoms with Crippen LogP contribution >= 0.6 is 0 Å². The van der Waals surface area contributed by atoms with Gasteiger partial charge in [0.1, 0.15) is 0 Å². The van der Waals surface area contributed by atoms with E-state index in [1.165, 1.54) is 6.42 Å². The fourth-order valence-electron chi connectivity index (χ4n) is 4.80. The maximum absolute atomic E-state index is 11.8. The topological polar surface area (TPSA) is 46.5 Å². The molecule has 0 saturated heterocycles. The first-order valence-electron chi connectivity index (χ1n) is 6.99. The van der Waals surface area contributed by atoms with Crippen molar-refractivity contribution in [1.82, 2.24) is 0 Å². The number of ether oxygens (including phenoxy) is 1. The Balaban J connectivity index is 2.09. The number of esters is 1. The molecule has 0 bridgehead atoms. The van der Waals surface area contributed by atoms with Gasteiger partial charge in [0.2, 0.25) is 6.29 Å². The summed E-state index contributed by atoms with van der Waals surface area (Å²) in [6, 6.07) is 0. The molecule has 0 amide bonds. The van der Waals surface area contributed by atoms with Crippen LogP contribution in [-0.2, 0) is 9.53 Å². The molecule has 3 heteroatoms. The highest BCUT2D eigenvalue weighted by atomic mass is 16.6. The average Bonchev–Trinajstić information content (AvgIpc) is 2.54. The van der Waals surface area contributed by atoms with E-state index in [0.29, 0.717) is 5.92 Å². The first kappa shape index (κ1) is 12.2. The number of cyclic esters (lactones) is 1. The van der Waals surface area contributed by atoms with Crippen molar-refractivity contribution < 1.29 is 14.6 Å². The molecular formula is C15H22O3. The molecule has 3 rings (SSSR count). The number of rotatable bonds is 0. The van der Waals surface area contributed by atoms with Gasteiger partial charge in [-0.1, -0.05) is 27.2 Å². The predicted molar refractivity (Wildman–Crippen MR) is 67.6 cm³/mol. The zero-order valence-corrected chi connectivity index (χ0v) is 11.5. The third-order valence-corrected chi connectivity index (χ3v) is 5.57. The molecule has 0 aromatic heterocycles. The molecule has 1 heterocycles. The van der Waals surface area contributed by atoms with E-state index in [1.807, 2.05) is 0 Å². The van der Waals surface area contributed by atoms with Crippen LogP contribution in [0, 0.1) is 16.7 Å². The van der Waals surface area contributed by atoms with E-state index >= 15 is 0 Å². The van der Waals surface area contributed by atoms with E-state index in [4.69, 9.17) is 4.74 Å². The van der Waals surface area contributed by atoms with Gasteiger partial charge in [-0.3, -0.25) is 0 Å². The second kappa shape index (κ2) is 3.60. The third-order valence-electron chi connectivity index (χ3n) is 5.57. The van der Waals surface area contributed by atoms with Crippen LogP contribution in [0.2, 0.25) is 0 Å². The summed E-state index contributed by atoms with van der Waals surface area (Å²) in [6.07, 6.45) is 4.29. The number of fused-ring (bicyclic) bond motifs is 2. The van der Waals surface area contributed by atoms with Crippen LogP contribution in [0.1, 0.15) is 52.9 Å². The molecule has 0 unspecified atom stereocenters. The number of carbonyl (C=O) groups excluding carboxylic acids is 1. The monoisotopic (exact) mass is 250 g/mol. The molecule has 0 radical (unpaired) electrons. The molecule has 1 N–H and O–H groups in total. The van der Waals surface area contributed by atoms with Crippen molar-refractivity contribution in [3.05, 3.63) is 11.1 Å². The lowest BCUT2D eigenvalue weighted by atomic mass is 9.50. The normalized spacial score (nSPS) is 42.3. The number of carbonyl (C=O) groups is 1. The maximum Gasteiger partial charge on any atom is 0.336 e. The van der Waals surface area contributed by atoms with Crippen molar-refractivity contribution in [2.24, 2.45) is 16.7 Å². The number of aliphatic hydroxyl groups excluding tert-OH is 1. The van der Waals surface area contributed by atoms with Crippen LogP contribution in [0.4, 0.5) is 0 Å². The molecule has 100 valence electrons. The fourth-order valence-corrected chi connectivity index (χ4v) is 4.80. The SMILES string of the molecule is CC1(C)CCC[C@]2(C)C3=C(CC[C@H]12)C(=O)O[C@H]3O. The summed E-state index contributed by atoms with van der Waals surface area (Å²) in [4.78, 5) is 11.8. The van der Waals surface area contributed by atoms with Crippen LogP contribution in [0.15, 0.2) is 11.1 Å². The summed E-state index contributed by atoms with van der Waals surface area (Å²) in [6.45, 7) is 6.87. The molecule has 1 fully saturated rings. The molecule has 18 heavy (non-hydrogen) atoms. The van der Waals surface area contributed by atoms with Crippen molar-refractivity contribution >= 4 is 5.97 Å². The molecular weight excluding hydrogens is 228 g/mol. The second-order valence-electron chi connectivity index (χ2n) is 7.00. The maximum atomic E-state index is 11.8. The Bertz CT molecular complexity index is 435. The Hall–Kier alpha value is -0.830. The minimum Gasteiger partial charge on any atom is -0.428 e. The molecule has 3 atom stereocenters. The van der Waals surface area contributed by atoms with Crippen LogP contribution in [0.3, 0.4) is 0 Å². The van der Waals surface area contributed by atoms with Crippen molar-refractivity contribution in [1.29, 1.82) is 0 Å². The number of hydrogen-bond donors (Lipinski definition) is 1. The lowest BCUT2D eigenvalue weighted by Gasteiger charge is -2.54. The Labute approximate surface area is 108 Å². The minimum atomic E-state index is -0.991. The highest BCUT2D eigenvalue weighted by Crippen LogP contribution is 2.61. The summed E-state index contributed by atoms with van der Waals surface area (Å²) in [5.41, 5.74) is 1.90. The Morgan fingerprint density at radius 3 is 2.72 bits per heavy atom. The molecule has 0 spiro atoms. The first-order valence-corrected chi connectivity index (χ1v) is 6.99.